The number of carboxylic acid groups (broad SMARTS) is 1. The van der Waals surface area contributed by atoms with Crippen molar-refractivity contribution in [2.75, 3.05) is 0 Å². The second-order valence-corrected chi connectivity index (χ2v) is 5.54. The van der Waals surface area contributed by atoms with Crippen LogP contribution in [0.4, 0.5) is 0 Å². The van der Waals surface area contributed by atoms with Gasteiger partial charge in [0, 0.05) is 11.5 Å². The van der Waals surface area contributed by atoms with E-state index in [1.165, 1.54) is 6.92 Å². The highest BCUT2D eigenvalue weighted by Gasteiger charge is 2.12. The third kappa shape index (κ3) is 3.58. The van der Waals surface area contributed by atoms with Crippen molar-refractivity contribution in [2.45, 2.75) is 13.0 Å². The number of hydrogen-bond acceptors (Lipinski definition) is 4. The molecule has 0 aliphatic heterocycles. The Labute approximate surface area is 143 Å². The average molecular weight is 344 g/mol. The van der Waals surface area contributed by atoms with Crippen molar-refractivity contribution in [1.82, 2.24) is 4.98 Å². The van der Waals surface area contributed by atoms with Crippen LogP contribution in [-0.2, 0) is 4.79 Å². The second-order valence-electron chi connectivity index (χ2n) is 5.13. The Kier molecular flexibility index (Phi) is 4.53. The van der Waals surface area contributed by atoms with Crippen molar-refractivity contribution in [1.29, 1.82) is 0 Å². The van der Waals surface area contributed by atoms with Gasteiger partial charge in [0.1, 0.15) is 11.5 Å². The van der Waals surface area contributed by atoms with Gasteiger partial charge in [0.15, 0.2) is 6.10 Å². The summed E-state index contributed by atoms with van der Waals surface area (Å²) in [6, 6.07) is 15.9. The van der Waals surface area contributed by atoms with E-state index in [0.29, 0.717) is 27.9 Å². The summed E-state index contributed by atoms with van der Waals surface area (Å²) in [6.07, 6.45) is -0.916. The number of hydrogen-bond donors (Lipinski definition) is 1. The van der Waals surface area contributed by atoms with Crippen molar-refractivity contribution in [3.8, 4) is 17.4 Å². The van der Waals surface area contributed by atoms with Crippen LogP contribution in [0.3, 0.4) is 0 Å². The number of carboxylic acids is 1. The van der Waals surface area contributed by atoms with Crippen molar-refractivity contribution in [3.05, 3.63) is 59.6 Å². The third-order valence-electron chi connectivity index (χ3n) is 3.35. The first-order valence-electron chi connectivity index (χ1n) is 7.25. The smallest absolute Gasteiger partial charge is 0.344 e. The highest BCUT2D eigenvalue weighted by molar-refractivity contribution is 6.35. The van der Waals surface area contributed by atoms with Crippen molar-refractivity contribution >= 4 is 28.5 Å². The van der Waals surface area contributed by atoms with Gasteiger partial charge in [-0.1, -0.05) is 23.7 Å². The fourth-order valence-corrected chi connectivity index (χ4v) is 2.34. The summed E-state index contributed by atoms with van der Waals surface area (Å²) in [5.74, 6) is 0.409. The molecular formula is C18H14ClNO4. The van der Waals surface area contributed by atoms with E-state index in [4.69, 9.17) is 26.2 Å². The predicted molar refractivity (Wildman–Crippen MR) is 91.0 cm³/mol. The standard InChI is InChI=1S/C18H14ClNO4/c1-11(18(21)22)23-13-6-8-14(9-7-13)24-16-10-5-12-3-2-4-15(19)17(12)20-16/h2-11H,1H3,(H,21,22)/t11-/m0/s1. The molecule has 1 N–H and O–H groups in total. The van der Waals surface area contributed by atoms with Crippen LogP contribution in [-0.4, -0.2) is 22.2 Å². The maximum atomic E-state index is 10.8. The molecule has 0 bridgehead atoms. The van der Waals surface area contributed by atoms with E-state index in [9.17, 15) is 4.79 Å². The number of aromatic nitrogens is 1. The molecule has 0 aliphatic carbocycles. The van der Waals surface area contributed by atoms with Crippen molar-refractivity contribution < 1.29 is 19.4 Å². The molecule has 0 aliphatic rings. The number of para-hydroxylation sites is 1. The lowest BCUT2D eigenvalue weighted by Gasteiger charge is -2.11. The van der Waals surface area contributed by atoms with Gasteiger partial charge >= 0.3 is 5.97 Å². The van der Waals surface area contributed by atoms with Crippen molar-refractivity contribution in [3.63, 3.8) is 0 Å². The highest BCUT2D eigenvalue weighted by Crippen LogP contribution is 2.27. The molecule has 5 nitrogen and oxygen atoms in total. The summed E-state index contributed by atoms with van der Waals surface area (Å²) < 4.78 is 11.0. The molecule has 6 heteroatoms. The van der Waals surface area contributed by atoms with Gasteiger partial charge in [0.2, 0.25) is 5.88 Å². The first-order chi connectivity index (χ1) is 11.5. The fourth-order valence-electron chi connectivity index (χ4n) is 2.11. The van der Waals surface area contributed by atoms with E-state index in [1.54, 1.807) is 36.4 Å². The van der Waals surface area contributed by atoms with Crippen LogP contribution in [0.2, 0.25) is 5.02 Å². The Balaban J connectivity index is 1.76. The summed E-state index contributed by atoms with van der Waals surface area (Å²) in [5, 5.41) is 10.3. The lowest BCUT2D eigenvalue weighted by atomic mass is 10.2. The monoisotopic (exact) mass is 343 g/mol. The van der Waals surface area contributed by atoms with E-state index < -0.39 is 12.1 Å². The molecular weight excluding hydrogens is 330 g/mol. The van der Waals surface area contributed by atoms with E-state index >= 15 is 0 Å². The van der Waals surface area contributed by atoms with Crippen LogP contribution in [0.1, 0.15) is 6.92 Å². The van der Waals surface area contributed by atoms with Crippen LogP contribution in [0, 0.1) is 0 Å². The minimum absolute atomic E-state index is 0.420. The zero-order valence-electron chi connectivity index (χ0n) is 12.8. The molecule has 0 unspecified atom stereocenters. The van der Waals surface area contributed by atoms with E-state index in [0.717, 1.165) is 5.39 Å². The number of rotatable bonds is 5. The van der Waals surface area contributed by atoms with Crippen LogP contribution in [0.15, 0.2) is 54.6 Å². The van der Waals surface area contributed by atoms with E-state index in [2.05, 4.69) is 4.98 Å². The number of benzene rings is 2. The zero-order chi connectivity index (χ0) is 17.1. The predicted octanol–water partition coefficient (Wildman–Crippen LogP) is 4.53. The fraction of sp³-hybridized carbons (Fsp3) is 0.111. The SMILES string of the molecule is C[C@H](Oc1ccc(Oc2ccc3cccc(Cl)c3n2)cc1)C(=O)O. The number of aliphatic carboxylic acids is 1. The topological polar surface area (TPSA) is 68.7 Å². The lowest BCUT2D eigenvalue weighted by molar-refractivity contribution is -0.144. The maximum Gasteiger partial charge on any atom is 0.344 e. The number of carbonyl (C=O) groups is 1. The van der Waals surface area contributed by atoms with E-state index in [-0.39, 0.29) is 0 Å². The van der Waals surface area contributed by atoms with Crippen LogP contribution in [0.5, 0.6) is 17.4 Å². The number of fused-ring (bicyclic) bond motifs is 1. The minimum atomic E-state index is -1.02. The summed E-state index contributed by atoms with van der Waals surface area (Å²) in [7, 11) is 0. The molecule has 0 saturated heterocycles. The molecule has 24 heavy (non-hydrogen) atoms. The number of ether oxygens (including phenoxy) is 2. The molecule has 0 spiro atoms. The lowest BCUT2D eigenvalue weighted by Crippen LogP contribution is -2.22. The first-order valence-corrected chi connectivity index (χ1v) is 7.63. The molecule has 3 aromatic rings. The average Bonchev–Trinajstić information content (AvgIpc) is 2.57. The summed E-state index contributed by atoms with van der Waals surface area (Å²) in [6.45, 7) is 1.47. The summed E-state index contributed by atoms with van der Waals surface area (Å²) in [4.78, 5) is 15.2. The Hall–Kier alpha value is -2.79. The number of halogens is 1. The van der Waals surface area contributed by atoms with Gasteiger partial charge in [-0.25, -0.2) is 9.78 Å². The van der Waals surface area contributed by atoms with Gasteiger partial charge in [0.25, 0.3) is 0 Å². The Morgan fingerprint density at radius 1 is 1.08 bits per heavy atom. The Bertz CT molecular complexity index is 880. The van der Waals surface area contributed by atoms with Gasteiger partial charge < -0.3 is 14.6 Å². The van der Waals surface area contributed by atoms with Gasteiger partial charge in [-0.15, -0.1) is 0 Å². The van der Waals surface area contributed by atoms with Crippen LogP contribution in [0.25, 0.3) is 10.9 Å². The van der Waals surface area contributed by atoms with Crippen LogP contribution < -0.4 is 9.47 Å². The van der Waals surface area contributed by atoms with Gasteiger partial charge in [-0.3, -0.25) is 0 Å². The molecule has 122 valence electrons. The third-order valence-corrected chi connectivity index (χ3v) is 3.66. The molecule has 0 saturated carbocycles. The zero-order valence-corrected chi connectivity index (χ0v) is 13.5. The number of nitrogens with zero attached hydrogens (tertiary/aromatic N) is 1. The Morgan fingerprint density at radius 3 is 2.50 bits per heavy atom. The molecule has 1 atom stereocenters. The maximum absolute atomic E-state index is 10.8. The quantitative estimate of drug-likeness (QED) is 0.737. The summed E-state index contributed by atoms with van der Waals surface area (Å²) in [5.41, 5.74) is 0.673. The van der Waals surface area contributed by atoms with Crippen LogP contribution >= 0.6 is 11.6 Å². The Morgan fingerprint density at radius 2 is 1.79 bits per heavy atom. The molecule has 0 radical (unpaired) electrons. The van der Waals surface area contributed by atoms with Gasteiger partial charge in [0.05, 0.1) is 10.5 Å². The van der Waals surface area contributed by atoms with Crippen molar-refractivity contribution in [2.24, 2.45) is 0 Å². The normalized spacial score (nSPS) is 11.9. The minimum Gasteiger partial charge on any atom is -0.479 e. The van der Waals surface area contributed by atoms with Gasteiger partial charge in [-0.05, 0) is 43.3 Å². The van der Waals surface area contributed by atoms with E-state index in [1.807, 2.05) is 18.2 Å². The second kappa shape index (κ2) is 6.76. The first kappa shape index (κ1) is 16.1. The molecule has 1 aromatic heterocycles. The summed E-state index contributed by atoms with van der Waals surface area (Å²) >= 11 is 6.14. The van der Waals surface area contributed by atoms with Gasteiger partial charge in [-0.2, -0.15) is 0 Å². The molecule has 2 aromatic carbocycles. The molecule has 3 rings (SSSR count). The largest absolute Gasteiger partial charge is 0.479 e. The highest BCUT2D eigenvalue weighted by atomic mass is 35.5. The molecule has 1 heterocycles. The number of pyridine rings is 1. The molecule has 0 amide bonds. The molecule has 0 fully saturated rings.